The van der Waals surface area contributed by atoms with Gasteiger partial charge in [0.25, 0.3) is 0 Å². The van der Waals surface area contributed by atoms with E-state index in [4.69, 9.17) is 0 Å². The second-order valence-corrected chi connectivity index (χ2v) is 7.03. The van der Waals surface area contributed by atoms with Crippen LogP contribution in [0, 0.1) is 0 Å². The summed E-state index contributed by atoms with van der Waals surface area (Å²) in [5.74, 6) is 0. The molecule has 1 heterocycles. The molecule has 1 fully saturated rings. The summed E-state index contributed by atoms with van der Waals surface area (Å²) < 4.78 is 0. The van der Waals surface area contributed by atoms with Crippen LogP contribution < -0.4 is 5.32 Å². The number of pyridine rings is 1. The van der Waals surface area contributed by atoms with Gasteiger partial charge >= 0.3 is 0 Å². The summed E-state index contributed by atoms with van der Waals surface area (Å²) >= 11 is 0. The summed E-state index contributed by atoms with van der Waals surface area (Å²) in [6.07, 6.45) is 12.0. The maximum atomic E-state index is 4.18. The van der Waals surface area contributed by atoms with Crippen LogP contribution in [0.1, 0.15) is 64.9 Å². The van der Waals surface area contributed by atoms with Crippen LogP contribution in [0.15, 0.2) is 24.5 Å². The summed E-state index contributed by atoms with van der Waals surface area (Å²) in [5.41, 5.74) is 1.97. The standard InChI is InChI=1S/C17H28N2/c1-16(2,3)19-14-17(10-6-4-5-7-11-17)15-8-12-18-13-9-15/h8-9,12-13,19H,4-7,10-11,14H2,1-3H3. The van der Waals surface area contributed by atoms with Gasteiger partial charge in [-0.05, 0) is 51.3 Å². The van der Waals surface area contributed by atoms with Gasteiger partial charge in [-0.3, -0.25) is 4.98 Å². The molecule has 1 aliphatic rings. The molecule has 106 valence electrons. The first-order valence-electron chi connectivity index (χ1n) is 7.67. The van der Waals surface area contributed by atoms with Gasteiger partial charge in [0.15, 0.2) is 0 Å². The zero-order chi connectivity index (χ0) is 13.8. The zero-order valence-corrected chi connectivity index (χ0v) is 12.7. The van der Waals surface area contributed by atoms with Gasteiger partial charge in [-0.1, -0.05) is 25.7 Å². The van der Waals surface area contributed by atoms with Crippen LogP contribution in [0.2, 0.25) is 0 Å². The maximum absolute atomic E-state index is 4.18. The monoisotopic (exact) mass is 260 g/mol. The van der Waals surface area contributed by atoms with E-state index in [0.717, 1.165) is 6.54 Å². The van der Waals surface area contributed by atoms with E-state index in [1.54, 1.807) is 0 Å². The molecule has 0 saturated heterocycles. The second-order valence-electron chi connectivity index (χ2n) is 7.03. The lowest BCUT2D eigenvalue weighted by Gasteiger charge is -2.37. The molecule has 0 spiro atoms. The predicted molar refractivity (Wildman–Crippen MR) is 81.4 cm³/mol. The predicted octanol–water partition coefficient (Wildman–Crippen LogP) is 4.06. The Morgan fingerprint density at radius 1 is 1.05 bits per heavy atom. The molecular formula is C17H28N2. The fourth-order valence-corrected chi connectivity index (χ4v) is 3.11. The highest BCUT2D eigenvalue weighted by Crippen LogP contribution is 2.38. The van der Waals surface area contributed by atoms with E-state index in [-0.39, 0.29) is 5.54 Å². The van der Waals surface area contributed by atoms with Crippen molar-refractivity contribution in [2.75, 3.05) is 6.54 Å². The molecule has 1 saturated carbocycles. The fourth-order valence-electron chi connectivity index (χ4n) is 3.11. The topological polar surface area (TPSA) is 24.9 Å². The molecule has 2 nitrogen and oxygen atoms in total. The third-order valence-corrected chi connectivity index (χ3v) is 4.31. The van der Waals surface area contributed by atoms with E-state index in [2.05, 4.69) is 43.2 Å². The number of nitrogens with zero attached hydrogens (tertiary/aromatic N) is 1. The molecule has 1 aromatic heterocycles. The van der Waals surface area contributed by atoms with Crippen molar-refractivity contribution >= 4 is 0 Å². The SMILES string of the molecule is CC(C)(C)NCC1(c2ccncc2)CCCCCC1. The molecular weight excluding hydrogens is 232 g/mol. The minimum absolute atomic E-state index is 0.187. The van der Waals surface area contributed by atoms with Gasteiger partial charge in [0.05, 0.1) is 0 Å². The largest absolute Gasteiger partial charge is 0.311 e. The van der Waals surface area contributed by atoms with Crippen molar-refractivity contribution in [3.63, 3.8) is 0 Å². The highest BCUT2D eigenvalue weighted by atomic mass is 15.0. The molecule has 0 radical (unpaired) electrons. The van der Waals surface area contributed by atoms with Gasteiger partial charge in [-0.15, -0.1) is 0 Å². The average molecular weight is 260 g/mol. The third-order valence-electron chi connectivity index (χ3n) is 4.31. The minimum Gasteiger partial charge on any atom is -0.311 e. The van der Waals surface area contributed by atoms with Crippen LogP contribution in [-0.2, 0) is 5.41 Å². The molecule has 1 aliphatic carbocycles. The molecule has 0 atom stereocenters. The van der Waals surface area contributed by atoms with Crippen molar-refractivity contribution in [2.24, 2.45) is 0 Å². The second kappa shape index (κ2) is 6.04. The van der Waals surface area contributed by atoms with Crippen LogP contribution >= 0.6 is 0 Å². The van der Waals surface area contributed by atoms with E-state index < -0.39 is 0 Å². The first-order valence-corrected chi connectivity index (χ1v) is 7.67. The van der Waals surface area contributed by atoms with Crippen LogP contribution in [0.4, 0.5) is 0 Å². The lowest BCUT2D eigenvalue weighted by molar-refractivity contribution is 0.300. The zero-order valence-electron chi connectivity index (χ0n) is 12.7. The summed E-state index contributed by atoms with van der Waals surface area (Å²) in [7, 11) is 0. The van der Waals surface area contributed by atoms with Crippen molar-refractivity contribution in [1.82, 2.24) is 10.3 Å². The first kappa shape index (κ1) is 14.5. The normalized spacial score (nSPS) is 19.9. The molecule has 2 heteroatoms. The van der Waals surface area contributed by atoms with Crippen molar-refractivity contribution in [3.8, 4) is 0 Å². The molecule has 1 N–H and O–H groups in total. The quantitative estimate of drug-likeness (QED) is 0.829. The maximum Gasteiger partial charge on any atom is 0.0270 e. The van der Waals surface area contributed by atoms with E-state index in [1.807, 2.05) is 12.4 Å². The number of rotatable bonds is 3. The third kappa shape index (κ3) is 4.04. The highest BCUT2D eigenvalue weighted by Gasteiger charge is 2.33. The van der Waals surface area contributed by atoms with Crippen LogP contribution in [-0.4, -0.2) is 17.1 Å². The van der Waals surface area contributed by atoms with Gasteiger partial charge in [-0.2, -0.15) is 0 Å². The summed E-state index contributed by atoms with van der Waals surface area (Å²) in [5, 5.41) is 3.74. The molecule has 0 unspecified atom stereocenters. The molecule has 0 bridgehead atoms. The summed E-state index contributed by atoms with van der Waals surface area (Å²) in [4.78, 5) is 4.18. The first-order chi connectivity index (χ1) is 9.02. The van der Waals surface area contributed by atoms with Crippen molar-refractivity contribution < 1.29 is 0 Å². The van der Waals surface area contributed by atoms with Gasteiger partial charge in [0.2, 0.25) is 0 Å². The number of aromatic nitrogens is 1. The lowest BCUT2D eigenvalue weighted by Crippen LogP contribution is -2.46. The summed E-state index contributed by atoms with van der Waals surface area (Å²) in [6.45, 7) is 7.85. The van der Waals surface area contributed by atoms with Gasteiger partial charge in [0.1, 0.15) is 0 Å². The molecule has 1 aromatic rings. The number of hydrogen-bond acceptors (Lipinski definition) is 2. The van der Waals surface area contributed by atoms with Gasteiger partial charge < -0.3 is 5.32 Å². The van der Waals surface area contributed by atoms with Gasteiger partial charge in [0, 0.05) is 29.9 Å². The summed E-state index contributed by atoms with van der Waals surface area (Å²) in [6, 6.07) is 4.44. The number of hydrogen-bond donors (Lipinski definition) is 1. The highest BCUT2D eigenvalue weighted by molar-refractivity contribution is 5.24. The van der Waals surface area contributed by atoms with E-state index in [1.165, 1.54) is 44.1 Å². The van der Waals surface area contributed by atoms with Crippen LogP contribution in [0.5, 0.6) is 0 Å². The van der Waals surface area contributed by atoms with Gasteiger partial charge in [-0.25, -0.2) is 0 Å². The van der Waals surface area contributed by atoms with Crippen LogP contribution in [0.3, 0.4) is 0 Å². The van der Waals surface area contributed by atoms with E-state index in [0.29, 0.717) is 5.41 Å². The van der Waals surface area contributed by atoms with Crippen molar-refractivity contribution in [1.29, 1.82) is 0 Å². The Labute approximate surface area is 118 Å². The average Bonchev–Trinajstić information content (AvgIpc) is 2.63. The Balaban J connectivity index is 2.21. The Morgan fingerprint density at radius 2 is 1.63 bits per heavy atom. The molecule has 2 rings (SSSR count). The van der Waals surface area contributed by atoms with Crippen LogP contribution in [0.25, 0.3) is 0 Å². The van der Waals surface area contributed by atoms with Crippen molar-refractivity contribution in [2.45, 2.75) is 70.3 Å². The van der Waals surface area contributed by atoms with Crippen molar-refractivity contribution in [3.05, 3.63) is 30.1 Å². The fraction of sp³-hybridized carbons (Fsp3) is 0.706. The Hall–Kier alpha value is -0.890. The Bertz CT molecular complexity index is 370. The number of nitrogens with one attached hydrogen (secondary N) is 1. The Kier molecular flexibility index (Phi) is 4.62. The molecule has 0 aromatic carbocycles. The molecule has 19 heavy (non-hydrogen) atoms. The van der Waals surface area contributed by atoms with E-state index in [9.17, 15) is 0 Å². The lowest BCUT2D eigenvalue weighted by atomic mass is 9.74. The van der Waals surface area contributed by atoms with E-state index >= 15 is 0 Å². The molecule has 0 amide bonds. The smallest absolute Gasteiger partial charge is 0.0270 e. The minimum atomic E-state index is 0.187. The molecule has 0 aliphatic heterocycles. The Morgan fingerprint density at radius 3 is 2.16 bits per heavy atom.